The molecule has 0 unspecified atom stereocenters. The minimum absolute atomic E-state index is 0.0909. The van der Waals surface area contributed by atoms with Crippen molar-refractivity contribution < 1.29 is 9.59 Å². The number of rotatable bonds is 10. The summed E-state index contributed by atoms with van der Waals surface area (Å²) in [4.78, 5) is 43.2. The first-order valence-electron chi connectivity index (χ1n) is 15.4. The van der Waals surface area contributed by atoms with Crippen LogP contribution in [0.4, 0.5) is 17.3 Å². The first-order valence-corrected chi connectivity index (χ1v) is 15.4. The van der Waals surface area contributed by atoms with E-state index in [1.807, 2.05) is 88.4 Å². The van der Waals surface area contributed by atoms with Gasteiger partial charge in [0.25, 0.3) is 5.91 Å². The molecule has 0 aliphatic carbocycles. The lowest BCUT2D eigenvalue weighted by Gasteiger charge is -2.34. The number of nitrogens with zero attached hydrogens (tertiary/aromatic N) is 5. The summed E-state index contributed by atoms with van der Waals surface area (Å²) >= 11 is 0. The van der Waals surface area contributed by atoms with E-state index in [4.69, 9.17) is 0 Å². The maximum atomic E-state index is 13.1. The Kier molecular flexibility index (Phi) is 10.2. The number of nitrogens with one attached hydrogen (secondary N) is 3. The zero-order valence-electron chi connectivity index (χ0n) is 26.5. The monoisotopic (exact) mass is 606 g/mol. The molecule has 1 aliphatic heterocycles. The Morgan fingerprint density at radius 2 is 1.67 bits per heavy atom. The molecular formula is C35H42N8O2. The van der Waals surface area contributed by atoms with Crippen molar-refractivity contribution >= 4 is 29.1 Å². The highest BCUT2D eigenvalue weighted by Crippen LogP contribution is 2.25. The fourth-order valence-electron chi connectivity index (χ4n) is 5.04. The minimum atomic E-state index is -0.359. The van der Waals surface area contributed by atoms with Crippen LogP contribution in [0.5, 0.6) is 0 Å². The van der Waals surface area contributed by atoms with Crippen LogP contribution in [0.15, 0.2) is 79.3 Å². The lowest BCUT2D eigenvalue weighted by Crippen LogP contribution is -2.48. The summed E-state index contributed by atoms with van der Waals surface area (Å²) in [5.41, 5.74) is 5.58. The maximum absolute atomic E-state index is 13.1. The number of carbonyl (C=O) groups is 2. The summed E-state index contributed by atoms with van der Waals surface area (Å²) in [7, 11) is 0. The average molecular weight is 607 g/mol. The largest absolute Gasteiger partial charge is 0.354 e. The van der Waals surface area contributed by atoms with Gasteiger partial charge in [-0.2, -0.15) is 0 Å². The molecule has 2 amide bonds. The first-order chi connectivity index (χ1) is 21.6. The topological polar surface area (TPSA) is 115 Å². The summed E-state index contributed by atoms with van der Waals surface area (Å²) in [6, 6.07) is 19.2. The molecule has 0 bridgehead atoms. The molecule has 45 heavy (non-hydrogen) atoms. The molecule has 0 atom stereocenters. The molecule has 10 heteroatoms. The van der Waals surface area contributed by atoms with Gasteiger partial charge < -0.3 is 16.0 Å². The van der Waals surface area contributed by atoms with Gasteiger partial charge in [-0.3, -0.25) is 24.4 Å². The van der Waals surface area contributed by atoms with Crippen molar-refractivity contribution in [3.8, 4) is 11.3 Å². The van der Waals surface area contributed by atoms with E-state index in [-0.39, 0.29) is 17.2 Å². The van der Waals surface area contributed by atoms with E-state index in [1.54, 1.807) is 18.6 Å². The molecule has 1 fully saturated rings. The fraction of sp³-hybridized carbons (Fsp3) is 0.343. The molecule has 4 aromatic rings. The van der Waals surface area contributed by atoms with E-state index in [0.717, 1.165) is 61.8 Å². The molecule has 0 saturated carbocycles. The molecule has 234 valence electrons. The summed E-state index contributed by atoms with van der Waals surface area (Å²) in [5.74, 6) is 0.385. The molecule has 0 spiro atoms. The van der Waals surface area contributed by atoms with E-state index in [1.165, 1.54) is 5.56 Å². The van der Waals surface area contributed by atoms with Gasteiger partial charge >= 0.3 is 0 Å². The van der Waals surface area contributed by atoms with Crippen molar-refractivity contribution in [2.75, 3.05) is 49.9 Å². The van der Waals surface area contributed by atoms with Gasteiger partial charge in [0, 0.05) is 92.3 Å². The highest BCUT2D eigenvalue weighted by Gasteiger charge is 2.22. The van der Waals surface area contributed by atoms with Crippen LogP contribution in [0.2, 0.25) is 0 Å². The normalized spacial score (nSPS) is 14.1. The molecule has 1 saturated heterocycles. The number of pyridine rings is 1. The van der Waals surface area contributed by atoms with E-state index in [9.17, 15) is 9.59 Å². The zero-order valence-corrected chi connectivity index (χ0v) is 26.5. The molecule has 2 aromatic carbocycles. The van der Waals surface area contributed by atoms with Crippen LogP contribution in [0.25, 0.3) is 11.3 Å². The predicted octanol–water partition coefficient (Wildman–Crippen LogP) is 5.12. The van der Waals surface area contributed by atoms with Gasteiger partial charge in [-0.05, 0) is 60.5 Å². The molecule has 3 heterocycles. The van der Waals surface area contributed by atoms with Crippen molar-refractivity contribution in [1.29, 1.82) is 0 Å². The second-order valence-corrected chi connectivity index (χ2v) is 12.4. The second-order valence-electron chi connectivity index (χ2n) is 12.4. The number of amides is 2. The van der Waals surface area contributed by atoms with Gasteiger partial charge in [-0.25, -0.2) is 9.97 Å². The molecule has 0 radical (unpaired) electrons. The number of aryl methyl sites for hydroxylation is 1. The second kappa shape index (κ2) is 14.4. The van der Waals surface area contributed by atoms with E-state index < -0.39 is 0 Å². The van der Waals surface area contributed by atoms with Crippen molar-refractivity contribution in [1.82, 2.24) is 30.1 Å². The van der Waals surface area contributed by atoms with E-state index in [2.05, 4.69) is 40.7 Å². The fourth-order valence-corrected chi connectivity index (χ4v) is 5.04. The molecule has 3 N–H and O–H groups in total. The van der Waals surface area contributed by atoms with Crippen LogP contribution >= 0.6 is 0 Å². The summed E-state index contributed by atoms with van der Waals surface area (Å²) in [6.07, 6.45) is 5.20. The Balaban J connectivity index is 1.11. The lowest BCUT2D eigenvalue weighted by molar-refractivity contribution is -0.128. The van der Waals surface area contributed by atoms with E-state index in [0.29, 0.717) is 23.7 Å². The molecular weight excluding hydrogens is 564 g/mol. The minimum Gasteiger partial charge on any atom is -0.354 e. The Labute approximate surface area is 265 Å². The van der Waals surface area contributed by atoms with Gasteiger partial charge in [0.2, 0.25) is 11.9 Å². The molecule has 5 rings (SSSR count). The molecule has 2 aromatic heterocycles. The van der Waals surface area contributed by atoms with Crippen LogP contribution in [-0.4, -0.2) is 75.8 Å². The summed E-state index contributed by atoms with van der Waals surface area (Å²) < 4.78 is 0. The van der Waals surface area contributed by atoms with Gasteiger partial charge in [-0.15, -0.1) is 0 Å². The van der Waals surface area contributed by atoms with E-state index >= 15 is 0 Å². The number of hydrogen-bond acceptors (Lipinski definition) is 8. The van der Waals surface area contributed by atoms with Crippen LogP contribution in [-0.2, 0) is 11.3 Å². The smallest absolute Gasteiger partial charge is 0.255 e. The Morgan fingerprint density at radius 1 is 0.911 bits per heavy atom. The number of piperazine rings is 1. The molecule has 1 aliphatic rings. The predicted molar refractivity (Wildman–Crippen MR) is 178 cm³/mol. The number of aromatic nitrogens is 3. The van der Waals surface area contributed by atoms with Crippen LogP contribution in [0, 0.1) is 12.3 Å². The number of carbonyl (C=O) groups excluding carboxylic acids is 2. The first kappa shape index (κ1) is 31.7. The lowest BCUT2D eigenvalue weighted by atomic mass is 9.96. The zero-order chi connectivity index (χ0) is 31.8. The standard InChI is InChI=1S/C35H42N8O2/c1-25-7-12-29(22-31(25)41-34-38-15-13-30(40-34)28-6-5-14-36-23-28)39-32(44)27-10-8-26(9-11-27)24-43-20-18-42(19-21-43)17-16-37-33(45)35(2,3)4/h5-15,22-23H,16-21,24H2,1-4H3,(H,37,45)(H,39,44)(H,38,40,41). The summed E-state index contributed by atoms with van der Waals surface area (Å²) in [5, 5.41) is 9.34. The van der Waals surface area contributed by atoms with Crippen LogP contribution in [0.3, 0.4) is 0 Å². The Morgan fingerprint density at radius 3 is 2.38 bits per heavy atom. The van der Waals surface area contributed by atoms with Crippen molar-refractivity contribution in [2.45, 2.75) is 34.2 Å². The summed E-state index contributed by atoms with van der Waals surface area (Å²) in [6.45, 7) is 14.1. The van der Waals surface area contributed by atoms with Gasteiger partial charge in [-0.1, -0.05) is 39.0 Å². The van der Waals surface area contributed by atoms with Crippen molar-refractivity contribution in [3.05, 3.63) is 95.9 Å². The SMILES string of the molecule is Cc1ccc(NC(=O)c2ccc(CN3CCN(CCNC(=O)C(C)(C)C)CC3)cc2)cc1Nc1nccc(-c2cccnc2)n1. The van der Waals surface area contributed by atoms with Gasteiger partial charge in [0.1, 0.15) is 0 Å². The quantitative estimate of drug-likeness (QED) is 0.228. The third-order valence-electron chi connectivity index (χ3n) is 7.84. The Hall–Kier alpha value is -4.67. The molecule has 10 nitrogen and oxygen atoms in total. The third kappa shape index (κ3) is 8.93. The maximum Gasteiger partial charge on any atom is 0.255 e. The third-order valence-corrected chi connectivity index (χ3v) is 7.84. The van der Waals surface area contributed by atoms with Crippen LogP contribution in [0.1, 0.15) is 42.3 Å². The number of hydrogen-bond donors (Lipinski definition) is 3. The average Bonchev–Trinajstić information content (AvgIpc) is 3.04. The van der Waals surface area contributed by atoms with Crippen LogP contribution < -0.4 is 16.0 Å². The van der Waals surface area contributed by atoms with Crippen molar-refractivity contribution in [3.63, 3.8) is 0 Å². The highest BCUT2D eigenvalue weighted by atomic mass is 16.2. The highest BCUT2D eigenvalue weighted by molar-refractivity contribution is 6.04. The van der Waals surface area contributed by atoms with Gasteiger partial charge in [0.05, 0.1) is 5.69 Å². The van der Waals surface area contributed by atoms with Crippen molar-refractivity contribution in [2.24, 2.45) is 5.41 Å². The van der Waals surface area contributed by atoms with Gasteiger partial charge in [0.15, 0.2) is 0 Å². The Bertz CT molecular complexity index is 1590. The number of benzene rings is 2. The number of anilines is 3.